The van der Waals surface area contributed by atoms with Crippen molar-refractivity contribution in [2.75, 3.05) is 27.2 Å². The minimum atomic E-state index is 0.0422. The first-order valence-electron chi connectivity index (χ1n) is 6.98. The molecule has 0 atom stereocenters. The van der Waals surface area contributed by atoms with Gasteiger partial charge in [-0.05, 0) is 12.5 Å². The maximum atomic E-state index is 12.1. The van der Waals surface area contributed by atoms with E-state index in [0.717, 1.165) is 35.4 Å². The fourth-order valence-electron chi connectivity index (χ4n) is 2.65. The van der Waals surface area contributed by atoms with E-state index in [4.69, 9.17) is 4.42 Å². The fraction of sp³-hybridized carbons (Fsp3) is 0.400. The van der Waals surface area contributed by atoms with Crippen molar-refractivity contribution in [2.24, 2.45) is 0 Å². The zero-order valence-corrected chi connectivity index (χ0v) is 12.2. The number of carbonyl (C=O) groups is 1. The topological polar surface area (TPSA) is 62.5 Å². The SMILES string of the molecule is CN(C)C(=O)N1CCc2ncnc(-c3ccoc3)c2CC1. The first-order chi connectivity index (χ1) is 10.2. The van der Waals surface area contributed by atoms with Gasteiger partial charge in [-0.25, -0.2) is 14.8 Å². The summed E-state index contributed by atoms with van der Waals surface area (Å²) in [6.07, 6.45) is 6.43. The minimum Gasteiger partial charge on any atom is -0.472 e. The van der Waals surface area contributed by atoms with E-state index in [0.29, 0.717) is 13.1 Å². The molecule has 1 aliphatic heterocycles. The van der Waals surface area contributed by atoms with E-state index in [-0.39, 0.29) is 6.03 Å². The normalized spacial score (nSPS) is 14.5. The highest BCUT2D eigenvalue weighted by Gasteiger charge is 2.23. The van der Waals surface area contributed by atoms with E-state index in [2.05, 4.69) is 9.97 Å². The zero-order valence-electron chi connectivity index (χ0n) is 12.2. The fourth-order valence-corrected chi connectivity index (χ4v) is 2.65. The molecule has 2 amide bonds. The van der Waals surface area contributed by atoms with Crippen LogP contribution in [0.25, 0.3) is 11.3 Å². The van der Waals surface area contributed by atoms with Crippen LogP contribution in [-0.4, -0.2) is 53.0 Å². The number of furan rings is 1. The van der Waals surface area contributed by atoms with Gasteiger partial charge >= 0.3 is 6.03 Å². The van der Waals surface area contributed by atoms with Crippen LogP contribution in [0.15, 0.2) is 29.3 Å². The third-order valence-electron chi connectivity index (χ3n) is 3.73. The first kappa shape index (κ1) is 13.6. The van der Waals surface area contributed by atoms with E-state index in [1.54, 1.807) is 37.8 Å². The molecule has 1 aliphatic rings. The summed E-state index contributed by atoms with van der Waals surface area (Å²) in [6.45, 7) is 1.37. The molecule has 0 unspecified atom stereocenters. The standard InChI is InChI=1S/C15H18N4O2/c1-18(2)15(20)19-6-3-12-13(4-7-19)16-10-17-14(12)11-5-8-21-9-11/h5,8-10H,3-4,6-7H2,1-2H3. The third kappa shape index (κ3) is 2.61. The van der Waals surface area contributed by atoms with E-state index < -0.39 is 0 Å². The predicted molar refractivity (Wildman–Crippen MR) is 77.8 cm³/mol. The molecule has 0 aliphatic carbocycles. The molecule has 0 bridgehead atoms. The number of urea groups is 1. The molecule has 3 rings (SSSR count). The number of fused-ring (bicyclic) bond motifs is 1. The maximum Gasteiger partial charge on any atom is 0.319 e. The van der Waals surface area contributed by atoms with Crippen LogP contribution in [0.4, 0.5) is 4.79 Å². The lowest BCUT2D eigenvalue weighted by Gasteiger charge is -2.24. The number of amides is 2. The van der Waals surface area contributed by atoms with Gasteiger partial charge in [-0.15, -0.1) is 0 Å². The highest BCUT2D eigenvalue weighted by Crippen LogP contribution is 2.26. The largest absolute Gasteiger partial charge is 0.472 e. The van der Waals surface area contributed by atoms with Crippen molar-refractivity contribution in [3.05, 3.63) is 36.2 Å². The van der Waals surface area contributed by atoms with E-state index in [1.165, 1.54) is 0 Å². The van der Waals surface area contributed by atoms with Crippen LogP contribution in [0.5, 0.6) is 0 Å². The molecule has 2 aromatic heterocycles. The number of rotatable bonds is 1. The Morgan fingerprint density at radius 2 is 2.10 bits per heavy atom. The number of hydrogen-bond acceptors (Lipinski definition) is 4. The van der Waals surface area contributed by atoms with Gasteiger partial charge in [0.15, 0.2) is 0 Å². The molecule has 6 heteroatoms. The van der Waals surface area contributed by atoms with Crippen molar-refractivity contribution < 1.29 is 9.21 Å². The van der Waals surface area contributed by atoms with E-state index >= 15 is 0 Å². The summed E-state index contributed by atoms with van der Waals surface area (Å²) in [5.41, 5.74) is 4.01. The molecule has 0 spiro atoms. The van der Waals surface area contributed by atoms with Crippen molar-refractivity contribution in [1.29, 1.82) is 0 Å². The van der Waals surface area contributed by atoms with Gasteiger partial charge in [0.25, 0.3) is 0 Å². The highest BCUT2D eigenvalue weighted by molar-refractivity contribution is 5.74. The van der Waals surface area contributed by atoms with Crippen LogP contribution in [0.1, 0.15) is 11.3 Å². The Bertz CT molecular complexity index is 637. The van der Waals surface area contributed by atoms with Crippen LogP contribution in [0.2, 0.25) is 0 Å². The Labute approximate surface area is 123 Å². The van der Waals surface area contributed by atoms with E-state index in [9.17, 15) is 4.79 Å². The second-order valence-electron chi connectivity index (χ2n) is 5.32. The van der Waals surface area contributed by atoms with Crippen molar-refractivity contribution in [3.63, 3.8) is 0 Å². The van der Waals surface area contributed by atoms with Gasteiger partial charge in [-0.1, -0.05) is 0 Å². The van der Waals surface area contributed by atoms with Crippen LogP contribution < -0.4 is 0 Å². The van der Waals surface area contributed by atoms with Crippen molar-refractivity contribution in [1.82, 2.24) is 19.8 Å². The van der Waals surface area contributed by atoms with Gasteiger partial charge < -0.3 is 14.2 Å². The zero-order chi connectivity index (χ0) is 14.8. The van der Waals surface area contributed by atoms with Crippen LogP contribution in [0, 0.1) is 0 Å². The number of nitrogens with zero attached hydrogens (tertiary/aromatic N) is 4. The second-order valence-corrected chi connectivity index (χ2v) is 5.32. The monoisotopic (exact) mass is 286 g/mol. The molecule has 21 heavy (non-hydrogen) atoms. The van der Waals surface area contributed by atoms with Gasteiger partial charge in [0.1, 0.15) is 6.33 Å². The second kappa shape index (κ2) is 5.55. The maximum absolute atomic E-state index is 12.1. The smallest absolute Gasteiger partial charge is 0.319 e. The Hall–Kier alpha value is -2.37. The molecule has 0 saturated carbocycles. The number of hydrogen-bond donors (Lipinski definition) is 0. The summed E-state index contributed by atoms with van der Waals surface area (Å²) in [7, 11) is 3.55. The lowest BCUT2D eigenvalue weighted by Crippen LogP contribution is -2.40. The molecule has 0 saturated heterocycles. The summed E-state index contributed by atoms with van der Waals surface area (Å²) in [5, 5.41) is 0. The van der Waals surface area contributed by atoms with Gasteiger partial charge in [-0.2, -0.15) is 0 Å². The average molecular weight is 286 g/mol. The molecule has 3 heterocycles. The molecule has 0 radical (unpaired) electrons. The van der Waals surface area contributed by atoms with Gasteiger partial charge in [0.05, 0.1) is 18.2 Å². The van der Waals surface area contributed by atoms with Gasteiger partial charge in [0.2, 0.25) is 0 Å². The lowest BCUT2D eigenvalue weighted by atomic mass is 10.0. The first-order valence-corrected chi connectivity index (χ1v) is 6.98. The summed E-state index contributed by atoms with van der Waals surface area (Å²) >= 11 is 0. The third-order valence-corrected chi connectivity index (χ3v) is 3.73. The predicted octanol–water partition coefficient (Wildman–Crippen LogP) is 1.82. The molecular formula is C15H18N4O2. The molecule has 6 nitrogen and oxygen atoms in total. The van der Waals surface area contributed by atoms with Crippen LogP contribution in [0.3, 0.4) is 0 Å². The van der Waals surface area contributed by atoms with Gasteiger partial charge in [0, 0.05) is 50.4 Å². The molecule has 2 aromatic rings. The Morgan fingerprint density at radius 1 is 1.29 bits per heavy atom. The van der Waals surface area contributed by atoms with E-state index in [1.807, 2.05) is 11.0 Å². The molecule has 110 valence electrons. The Morgan fingerprint density at radius 3 is 2.81 bits per heavy atom. The van der Waals surface area contributed by atoms with Crippen molar-refractivity contribution in [3.8, 4) is 11.3 Å². The molecule has 0 aromatic carbocycles. The highest BCUT2D eigenvalue weighted by atomic mass is 16.3. The van der Waals surface area contributed by atoms with Crippen molar-refractivity contribution in [2.45, 2.75) is 12.8 Å². The molecule has 0 fully saturated rings. The number of carbonyl (C=O) groups excluding carboxylic acids is 1. The Balaban J connectivity index is 1.90. The van der Waals surface area contributed by atoms with Crippen molar-refractivity contribution >= 4 is 6.03 Å². The number of aromatic nitrogens is 2. The lowest BCUT2D eigenvalue weighted by molar-refractivity contribution is 0.173. The quantitative estimate of drug-likeness (QED) is 0.802. The summed E-state index contributed by atoms with van der Waals surface area (Å²) in [5.74, 6) is 0. The van der Waals surface area contributed by atoms with Crippen LogP contribution in [-0.2, 0) is 12.8 Å². The van der Waals surface area contributed by atoms with Gasteiger partial charge in [-0.3, -0.25) is 0 Å². The summed E-state index contributed by atoms with van der Waals surface area (Å²) < 4.78 is 5.15. The summed E-state index contributed by atoms with van der Waals surface area (Å²) in [6, 6.07) is 1.94. The summed E-state index contributed by atoms with van der Waals surface area (Å²) in [4.78, 5) is 24.4. The average Bonchev–Trinajstić information content (AvgIpc) is 2.92. The molecular weight excluding hydrogens is 268 g/mol. The minimum absolute atomic E-state index is 0.0422. The Kier molecular flexibility index (Phi) is 3.60. The molecule has 0 N–H and O–H groups in total. The van der Waals surface area contributed by atoms with Crippen LogP contribution >= 0.6 is 0 Å².